The van der Waals surface area contributed by atoms with Gasteiger partial charge < -0.3 is 11.6 Å². The molecular weight excluding hydrogens is 236 g/mol. The van der Waals surface area contributed by atoms with Gasteiger partial charge in [0, 0.05) is 12.0 Å². The topological polar surface area (TPSA) is 69.9 Å². The van der Waals surface area contributed by atoms with Crippen molar-refractivity contribution in [3.8, 4) is 11.3 Å². The average Bonchev–Trinajstić information content (AvgIpc) is 3.23. The van der Waals surface area contributed by atoms with Crippen molar-refractivity contribution < 1.29 is 0 Å². The molecule has 0 spiro atoms. The Kier molecular flexibility index (Phi) is 2.93. The highest BCUT2D eigenvalue weighted by Crippen LogP contribution is 2.41. The van der Waals surface area contributed by atoms with Crippen molar-refractivity contribution in [1.82, 2.24) is 9.66 Å². The monoisotopic (exact) mass is 256 g/mol. The Labute approximate surface area is 113 Å². The molecule has 4 N–H and O–H groups in total. The first-order valence-corrected chi connectivity index (χ1v) is 6.93. The van der Waals surface area contributed by atoms with Crippen molar-refractivity contribution in [2.24, 2.45) is 0 Å². The van der Waals surface area contributed by atoms with E-state index in [2.05, 4.69) is 36.2 Å². The largest absolute Gasteiger partial charge is 0.382 e. The van der Waals surface area contributed by atoms with Crippen LogP contribution in [0.15, 0.2) is 24.3 Å². The number of nitrogens with zero attached hydrogens (tertiary/aromatic N) is 2. The van der Waals surface area contributed by atoms with E-state index in [1.807, 2.05) is 0 Å². The summed E-state index contributed by atoms with van der Waals surface area (Å²) in [4.78, 5) is 4.60. The number of nitrogen functional groups attached to an aromatic ring is 2. The first-order valence-electron chi connectivity index (χ1n) is 6.93. The molecule has 1 aromatic heterocycles. The molecule has 4 heteroatoms. The maximum Gasteiger partial charge on any atom is 0.150 e. The number of aryl methyl sites for hydroxylation is 1. The molecule has 1 aliphatic rings. The predicted octanol–water partition coefficient (Wildman–Crippen LogP) is 2.68. The molecule has 1 heterocycles. The Morgan fingerprint density at radius 3 is 2.84 bits per heavy atom. The highest BCUT2D eigenvalue weighted by atomic mass is 15.4. The zero-order chi connectivity index (χ0) is 13.4. The minimum absolute atomic E-state index is 0.552. The van der Waals surface area contributed by atoms with Gasteiger partial charge in [-0.05, 0) is 36.8 Å². The number of benzene rings is 1. The van der Waals surface area contributed by atoms with Crippen LogP contribution in [-0.2, 0) is 6.42 Å². The molecule has 3 rings (SSSR count). The lowest BCUT2D eigenvalue weighted by molar-refractivity contribution is 0.794. The normalized spacial score (nSPS) is 14.8. The van der Waals surface area contributed by atoms with E-state index in [0.29, 0.717) is 5.82 Å². The smallest absolute Gasteiger partial charge is 0.150 e. The predicted molar refractivity (Wildman–Crippen MR) is 78.2 cm³/mol. The van der Waals surface area contributed by atoms with Gasteiger partial charge in [-0.25, -0.2) is 9.66 Å². The standard InChI is InChI=1S/C15H20N4/c1-2-4-13-18-14(15(16)19(13)17)12-6-3-5-11(9-12)10-7-8-10/h3,5-6,9-10H,2,4,7-8,16-17H2,1H3. The van der Waals surface area contributed by atoms with Crippen LogP contribution in [0.3, 0.4) is 0 Å². The quantitative estimate of drug-likeness (QED) is 0.826. The lowest BCUT2D eigenvalue weighted by atomic mass is 10.1. The van der Waals surface area contributed by atoms with Gasteiger partial charge in [0.25, 0.3) is 0 Å². The lowest BCUT2D eigenvalue weighted by Crippen LogP contribution is -2.15. The first-order chi connectivity index (χ1) is 9.20. The SMILES string of the molecule is CCCc1nc(-c2cccc(C3CC3)c2)c(N)n1N. The van der Waals surface area contributed by atoms with Gasteiger partial charge in [0.1, 0.15) is 11.5 Å². The van der Waals surface area contributed by atoms with Crippen LogP contribution in [0.4, 0.5) is 5.82 Å². The molecule has 4 nitrogen and oxygen atoms in total. The zero-order valence-electron chi connectivity index (χ0n) is 11.3. The molecule has 0 bridgehead atoms. The molecule has 1 aromatic carbocycles. The lowest BCUT2D eigenvalue weighted by Gasteiger charge is -2.03. The van der Waals surface area contributed by atoms with Crippen LogP contribution in [0.2, 0.25) is 0 Å². The van der Waals surface area contributed by atoms with Crippen molar-refractivity contribution in [2.75, 3.05) is 11.6 Å². The molecule has 2 aromatic rings. The van der Waals surface area contributed by atoms with Crippen molar-refractivity contribution in [2.45, 2.75) is 38.5 Å². The van der Waals surface area contributed by atoms with Crippen LogP contribution in [0.5, 0.6) is 0 Å². The van der Waals surface area contributed by atoms with Crippen molar-refractivity contribution in [1.29, 1.82) is 0 Å². The summed E-state index contributed by atoms with van der Waals surface area (Å²) in [5, 5.41) is 0. The number of anilines is 1. The van der Waals surface area contributed by atoms with Crippen LogP contribution in [0, 0.1) is 0 Å². The average molecular weight is 256 g/mol. The summed E-state index contributed by atoms with van der Waals surface area (Å²) in [7, 11) is 0. The summed E-state index contributed by atoms with van der Waals surface area (Å²) >= 11 is 0. The maximum atomic E-state index is 6.08. The molecular formula is C15H20N4. The highest BCUT2D eigenvalue weighted by Gasteiger charge is 2.24. The fourth-order valence-corrected chi connectivity index (χ4v) is 2.46. The van der Waals surface area contributed by atoms with E-state index >= 15 is 0 Å². The van der Waals surface area contributed by atoms with Crippen LogP contribution in [0.25, 0.3) is 11.3 Å². The Morgan fingerprint density at radius 2 is 2.16 bits per heavy atom. The summed E-state index contributed by atoms with van der Waals surface area (Å²) in [5.41, 5.74) is 9.36. The van der Waals surface area contributed by atoms with Crippen LogP contribution < -0.4 is 11.6 Å². The van der Waals surface area contributed by atoms with Crippen LogP contribution in [-0.4, -0.2) is 9.66 Å². The van der Waals surface area contributed by atoms with Gasteiger partial charge in [-0.1, -0.05) is 25.1 Å². The third-order valence-corrected chi connectivity index (χ3v) is 3.70. The summed E-state index contributed by atoms with van der Waals surface area (Å²) in [5.74, 6) is 8.10. The molecule has 0 atom stereocenters. The van der Waals surface area contributed by atoms with Crippen molar-refractivity contribution in [3.63, 3.8) is 0 Å². The van der Waals surface area contributed by atoms with E-state index in [0.717, 1.165) is 35.8 Å². The van der Waals surface area contributed by atoms with Gasteiger partial charge >= 0.3 is 0 Å². The van der Waals surface area contributed by atoms with Gasteiger partial charge in [-0.2, -0.15) is 0 Å². The van der Waals surface area contributed by atoms with E-state index in [9.17, 15) is 0 Å². The summed E-state index contributed by atoms with van der Waals surface area (Å²) in [6, 6.07) is 8.52. The Balaban J connectivity index is 2.01. The van der Waals surface area contributed by atoms with Gasteiger partial charge in [0.15, 0.2) is 5.82 Å². The molecule has 1 fully saturated rings. The summed E-state index contributed by atoms with van der Waals surface area (Å²) in [6.07, 6.45) is 4.45. The summed E-state index contributed by atoms with van der Waals surface area (Å²) in [6.45, 7) is 2.11. The number of rotatable bonds is 4. The van der Waals surface area contributed by atoms with E-state index in [4.69, 9.17) is 11.6 Å². The van der Waals surface area contributed by atoms with E-state index in [1.54, 1.807) is 0 Å². The molecule has 19 heavy (non-hydrogen) atoms. The fourth-order valence-electron chi connectivity index (χ4n) is 2.46. The molecule has 100 valence electrons. The second kappa shape index (κ2) is 4.61. The first kappa shape index (κ1) is 12.1. The van der Waals surface area contributed by atoms with Gasteiger partial charge in [0.2, 0.25) is 0 Å². The minimum Gasteiger partial charge on any atom is -0.382 e. The molecule has 0 aliphatic heterocycles. The van der Waals surface area contributed by atoms with Crippen LogP contribution >= 0.6 is 0 Å². The maximum absolute atomic E-state index is 6.08. The third-order valence-electron chi connectivity index (χ3n) is 3.70. The van der Waals surface area contributed by atoms with E-state index in [-0.39, 0.29) is 0 Å². The number of hydrogen-bond acceptors (Lipinski definition) is 3. The molecule has 0 radical (unpaired) electrons. The molecule has 0 amide bonds. The van der Waals surface area contributed by atoms with Gasteiger partial charge in [0.05, 0.1) is 0 Å². The van der Waals surface area contributed by atoms with E-state index < -0.39 is 0 Å². The number of aromatic nitrogens is 2. The zero-order valence-corrected chi connectivity index (χ0v) is 11.3. The van der Waals surface area contributed by atoms with Gasteiger partial charge in [-0.3, -0.25) is 0 Å². The molecule has 1 saturated carbocycles. The van der Waals surface area contributed by atoms with E-state index in [1.165, 1.54) is 23.1 Å². The van der Waals surface area contributed by atoms with Gasteiger partial charge in [-0.15, -0.1) is 0 Å². The Hall–Kier alpha value is -1.97. The number of hydrogen-bond donors (Lipinski definition) is 2. The number of nitrogens with two attached hydrogens (primary N) is 2. The molecule has 0 saturated heterocycles. The Morgan fingerprint density at radius 1 is 1.37 bits per heavy atom. The number of imidazole rings is 1. The Bertz CT molecular complexity index is 596. The van der Waals surface area contributed by atoms with Crippen molar-refractivity contribution in [3.05, 3.63) is 35.7 Å². The molecule has 0 unspecified atom stereocenters. The fraction of sp³-hybridized carbons (Fsp3) is 0.400. The molecule has 1 aliphatic carbocycles. The third kappa shape index (κ3) is 2.18. The highest BCUT2D eigenvalue weighted by molar-refractivity contribution is 5.71. The van der Waals surface area contributed by atoms with Crippen LogP contribution in [0.1, 0.15) is 43.5 Å². The summed E-state index contributed by atoms with van der Waals surface area (Å²) < 4.78 is 1.52. The second-order valence-corrected chi connectivity index (χ2v) is 5.28. The minimum atomic E-state index is 0.552. The van der Waals surface area contributed by atoms with Crippen molar-refractivity contribution >= 4 is 5.82 Å². The second-order valence-electron chi connectivity index (χ2n) is 5.28.